The molecule has 0 unspecified atom stereocenters. The van der Waals surface area contributed by atoms with Crippen molar-refractivity contribution in [2.24, 2.45) is 0 Å². The third kappa shape index (κ3) is 3.23. The van der Waals surface area contributed by atoms with Crippen LogP contribution in [0.15, 0.2) is 42.7 Å². The Hall–Kier alpha value is -2.80. The summed E-state index contributed by atoms with van der Waals surface area (Å²) < 4.78 is 15.1. The van der Waals surface area contributed by atoms with E-state index < -0.39 is 0 Å². The highest BCUT2D eigenvalue weighted by Crippen LogP contribution is 2.20. The first-order valence-corrected chi connectivity index (χ1v) is 8.27. The Bertz CT molecular complexity index is 917. The van der Waals surface area contributed by atoms with E-state index in [2.05, 4.69) is 15.3 Å². The first-order valence-electron chi connectivity index (χ1n) is 8.27. The van der Waals surface area contributed by atoms with E-state index in [1.807, 2.05) is 15.5 Å². The fourth-order valence-corrected chi connectivity index (χ4v) is 3.05. The molecule has 0 radical (unpaired) electrons. The summed E-state index contributed by atoms with van der Waals surface area (Å²) in [6, 6.07) is 8.10. The lowest BCUT2D eigenvalue weighted by molar-refractivity contribution is -0.132. The highest BCUT2D eigenvalue weighted by atomic mass is 19.1. The monoisotopic (exact) mass is 339 g/mol. The molecule has 1 aliphatic heterocycles. The van der Waals surface area contributed by atoms with Crippen molar-refractivity contribution in [2.75, 3.05) is 26.2 Å². The number of hydrogen-bond acceptors (Lipinski definition) is 4. The second kappa shape index (κ2) is 6.60. The van der Waals surface area contributed by atoms with Gasteiger partial charge in [0, 0.05) is 44.0 Å². The molecule has 128 valence electrons. The molecule has 6 nitrogen and oxygen atoms in total. The van der Waals surface area contributed by atoms with Crippen molar-refractivity contribution in [1.82, 2.24) is 24.8 Å². The lowest BCUT2D eigenvalue weighted by atomic mass is 10.2. The molecule has 2 aromatic heterocycles. The van der Waals surface area contributed by atoms with Crippen LogP contribution < -0.4 is 5.32 Å². The van der Waals surface area contributed by atoms with Gasteiger partial charge in [-0.05, 0) is 24.3 Å². The van der Waals surface area contributed by atoms with Crippen LogP contribution in [0.25, 0.3) is 22.4 Å². The Morgan fingerprint density at radius 2 is 2.04 bits per heavy atom. The Labute approximate surface area is 144 Å². The molecule has 1 N–H and O–H groups in total. The fraction of sp³-hybridized carbons (Fsp3) is 0.278. The van der Waals surface area contributed by atoms with E-state index in [1.165, 1.54) is 12.1 Å². The minimum atomic E-state index is -0.287. The molecule has 0 atom stereocenters. The van der Waals surface area contributed by atoms with Gasteiger partial charge in [0.1, 0.15) is 18.1 Å². The summed E-state index contributed by atoms with van der Waals surface area (Å²) in [6.45, 7) is 3.33. The molecule has 0 aliphatic carbocycles. The fourth-order valence-electron chi connectivity index (χ4n) is 3.05. The summed E-state index contributed by atoms with van der Waals surface area (Å²) in [5.74, 6) is 0.420. The number of piperazine rings is 1. The summed E-state index contributed by atoms with van der Waals surface area (Å²) in [5, 5.41) is 3.97. The first-order chi connectivity index (χ1) is 12.2. The summed E-state index contributed by atoms with van der Waals surface area (Å²) >= 11 is 0. The van der Waals surface area contributed by atoms with Crippen LogP contribution in [0.4, 0.5) is 4.39 Å². The average molecular weight is 339 g/mol. The van der Waals surface area contributed by atoms with Crippen LogP contribution in [0.3, 0.4) is 0 Å². The molecule has 3 heterocycles. The quantitative estimate of drug-likeness (QED) is 0.788. The molecule has 3 aromatic rings. The molecule has 1 fully saturated rings. The average Bonchev–Trinajstić information content (AvgIpc) is 3.10. The van der Waals surface area contributed by atoms with E-state index in [9.17, 15) is 9.18 Å². The van der Waals surface area contributed by atoms with Crippen LogP contribution in [0.2, 0.25) is 0 Å². The lowest BCUT2D eigenvalue weighted by Crippen LogP contribution is -2.47. The number of pyridine rings is 1. The van der Waals surface area contributed by atoms with Crippen molar-refractivity contribution >= 4 is 16.8 Å². The topological polar surface area (TPSA) is 63.1 Å². The number of halogens is 1. The standard InChI is InChI=1S/C18H18FN5O/c19-14-2-4-15-13(11-14)1-3-16(22-15)18-21-7-10-24(18)12-17(25)23-8-5-20-6-9-23/h1-4,7,10-11,20H,5-6,8-9,12H2. The second-order valence-corrected chi connectivity index (χ2v) is 6.04. The van der Waals surface area contributed by atoms with E-state index in [4.69, 9.17) is 0 Å². The predicted octanol–water partition coefficient (Wildman–Crippen LogP) is 1.67. The minimum Gasteiger partial charge on any atom is -0.339 e. The van der Waals surface area contributed by atoms with Crippen molar-refractivity contribution in [2.45, 2.75) is 6.54 Å². The number of rotatable bonds is 3. The third-order valence-corrected chi connectivity index (χ3v) is 4.37. The Balaban J connectivity index is 1.60. The molecular formula is C18H18FN5O. The molecule has 1 aromatic carbocycles. The van der Waals surface area contributed by atoms with Crippen molar-refractivity contribution in [3.8, 4) is 11.5 Å². The maximum absolute atomic E-state index is 13.3. The number of benzene rings is 1. The zero-order chi connectivity index (χ0) is 17.2. The van der Waals surface area contributed by atoms with Crippen molar-refractivity contribution in [3.63, 3.8) is 0 Å². The van der Waals surface area contributed by atoms with E-state index >= 15 is 0 Å². The SMILES string of the molecule is O=C(Cn1ccnc1-c1ccc2cc(F)ccc2n1)N1CCNCC1. The van der Waals surface area contributed by atoms with E-state index in [-0.39, 0.29) is 18.3 Å². The van der Waals surface area contributed by atoms with Gasteiger partial charge in [0.2, 0.25) is 5.91 Å². The number of fused-ring (bicyclic) bond motifs is 1. The summed E-state index contributed by atoms with van der Waals surface area (Å²) in [4.78, 5) is 23.3. The highest BCUT2D eigenvalue weighted by molar-refractivity contribution is 5.81. The number of imidazole rings is 1. The van der Waals surface area contributed by atoms with Crippen LogP contribution in [-0.2, 0) is 11.3 Å². The minimum absolute atomic E-state index is 0.0728. The van der Waals surface area contributed by atoms with Gasteiger partial charge in [0.05, 0.1) is 5.52 Å². The summed E-state index contributed by atoms with van der Waals surface area (Å²) in [5.41, 5.74) is 1.36. The molecule has 25 heavy (non-hydrogen) atoms. The third-order valence-electron chi connectivity index (χ3n) is 4.37. The van der Waals surface area contributed by atoms with Gasteiger partial charge in [-0.2, -0.15) is 0 Å². The van der Waals surface area contributed by atoms with Crippen LogP contribution in [0.5, 0.6) is 0 Å². The zero-order valence-electron chi connectivity index (χ0n) is 13.7. The van der Waals surface area contributed by atoms with Gasteiger partial charge in [-0.25, -0.2) is 14.4 Å². The van der Waals surface area contributed by atoms with Gasteiger partial charge in [-0.3, -0.25) is 4.79 Å². The predicted molar refractivity (Wildman–Crippen MR) is 92.4 cm³/mol. The van der Waals surface area contributed by atoms with Crippen molar-refractivity contribution in [1.29, 1.82) is 0 Å². The maximum atomic E-state index is 13.3. The van der Waals surface area contributed by atoms with Gasteiger partial charge in [0.25, 0.3) is 0 Å². The van der Waals surface area contributed by atoms with E-state index in [1.54, 1.807) is 24.5 Å². The van der Waals surface area contributed by atoms with Gasteiger partial charge < -0.3 is 14.8 Å². The first kappa shape index (κ1) is 15.7. The van der Waals surface area contributed by atoms with Crippen LogP contribution in [0.1, 0.15) is 0 Å². The number of amides is 1. The molecule has 1 amide bonds. The van der Waals surface area contributed by atoms with Crippen molar-refractivity contribution in [3.05, 3.63) is 48.5 Å². The molecule has 4 rings (SSSR count). The van der Waals surface area contributed by atoms with Gasteiger partial charge >= 0.3 is 0 Å². The van der Waals surface area contributed by atoms with Crippen LogP contribution in [0, 0.1) is 5.82 Å². The highest BCUT2D eigenvalue weighted by Gasteiger charge is 2.18. The van der Waals surface area contributed by atoms with Crippen molar-refractivity contribution < 1.29 is 9.18 Å². The van der Waals surface area contributed by atoms with E-state index in [0.717, 1.165) is 31.6 Å². The van der Waals surface area contributed by atoms with Crippen LogP contribution >= 0.6 is 0 Å². The molecule has 7 heteroatoms. The molecule has 0 saturated carbocycles. The molecular weight excluding hydrogens is 321 g/mol. The molecule has 1 aliphatic rings. The number of carbonyl (C=O) groups excluding carboxylic acids is 1. The number of nitrogens with one attached hydrogen (secondary N) is 1. The number of carbonyl (C=O) groups is 1. The number of aromatic nitrogens is 3. The second-order valence-electron chi connectivity index (χ2n) is 6.04. The number of hydrogen-bond donors (Lipinski definition) is 1. The summed E-state index contributed by atoms with van der Waals surface area (Å²) in [7, 11) is 0. The Morgan fingerprint density at radius 1 is 1.20 bits per heavy atom. The molecule has 0 spiro atoms. The van der Waals surface area contributed by atoms with Crippen LogP contribution in [-0.4, -0.2) is 51.5 Å². The number of nitrogens with zero attached hydrogens (tertiary/aromatic N) is 4. The lowest BCUT2D eigenvalue weighted by Gasteiger charge is -2.27. The maximum Gasteiger partial charge on any atom is 0.242 e. The van der Waals surface area contributed by atoms with Gasteiger partial charge in [0.15, 0.2) is 5.82 Å². The van der Waals surface area contributed by atoms with Gasteiger partial charge in [-0.1, -0.05) is 6.07 Å². The van der Waals surface area contributed by atoms with Gasteiger partial charge in [-0.15, -0.1) is 0 Å². The Morgan fingerprint density at radius 3 is 2.88 bits per heavy atom. The summed E-state index contributed by atoms with van der Waals surface area (Å²) in [6.07, 6.45) is 3.45. The van der Waals surface area contributed by atoms with E-state index in [0.29, 0.717) is 17.0 Å². The molecule has 0 bridgehead atoms. The largest absolute Gasteiger partial charge is 0.339 e. The Kier molecular flexibility index (Phi) is 4.15. The smallest absolute Gasteiger partial charge is 0.242 e. The normalized spacial score (nSPS) is 14.8. The zero-order valence-corrected chi connectivity index (χ0v) is 13.7. The molecule has 1 saturated heterocycles.